The number of amides is 1. The summed E-state index contributed by atoms with van der Waals surface area (Å²) < 4.78 is 0. The van der Waals surface area contributed by atoms with E-state index in [1.54, 1.807) is 13.8 Å². The highest BCUT2D eigenvalue weighted by Crippen LogP contribution is 2.06. The Morgan fingerprint density at radius 1 is 1.41 bits per heavy atom. The molecule has 0 saturated heterocycles. The minimum Gasteiger partial charge on any atom is -0.389 e. The Morgan fingerprint density at radius 2 is 2.00 bits per heavy atom. The molecule has 1 amide bonds. The summed E-state index contributed by atoms with van der Waals surface area (Å²) in [5.74, 6) is 0.0350. The average Bonchev–Trinajstić information content (AvgIpc) is 2.20. The van der Waals surface area contributed by atoms with Crippen molar-refractivity contribution in [2.24, 2.45) is 0 Å². The number of rotatable bonds is 8. The zero-order valence-corrected chi connectivity index (χ0v) is 11.9. The molecule has 2 N–H and O–H groups in total. The molecule has 0 aromatic carbocycles. The number of nitrogens with zero attached hydrogens (tertiary/aromatic N) is 1. The number of likely N-dealkylation sites (N-methyl/N-ethyl adjacent to an activating group) is 1. The molecule has 0 radical (unpaired) electrons. The van der Waals surface area contributed by atoms with Gasteiger partial charge in [0.15, 0.2) is 0 Å². The minimum absolute atomic E-state index is 0.0350. The number of carbonyl (C=O) groups is 1. The first-order valence-electron chi connectivity index (χ1n) is 6.48. The fourth-order valence-corrected chi connectivity index (χ4v) is 1.68. The van der Waals surface area contributed by atoms with Crippen LogP contribution >= 0.6 is 0 Å². The molecule has 0 aliphatic carbocycles. The highest BCUT2D eigenvalue weighted by Gasteiger charge is 2.23. The standard InChI is InChI=1S/C13H28N2O2/c1-6-7-8-9-14-12(16)11(2)15(5)10-13(3,4)17/h11,17H,6-10H2,1-5H3,(H,14,16). The third kappa shape index (κ3) is 8.16. The fraction of sp³-hybridized carbons (Fsp3) is 0.923. The zero-order chi connectivity index (χ0) is 13.5. The Bertz CT molecular complexity index is 224. The van der Waals surface area contributed by atoms with Crippen molar-refractivity contribution in [3.63, 3.8) is 0 Å². The van der Waals surface area contributed by atoms with Crippen molar-refractivity contribution in [1.82, 2.24) is 10.2 Å². The largest absolute Gasteiger partial charge is 0.389 e. The summed E-state index contributed by atoms with van der Waals surface area (Å²) in [7, 11) is 1.86. The van der Waals surface area contributed by atoms with E-state index in [9.17, 15) is 9.90 Å². The second-order valence-electron chi connectivity index (χ2n) is 5.40. The molecule has 4 nitrogen and oxygen atoms in total. The molecule has 0 bridgehead atoms. The summed E-state index contributed by atoms with van der Waals surface area (Å²) in [5.41, 5.74) is -0.772. The molecule has 0 saturated carbocycles. The number of nitrogens with one attached hydrogen (secondary N) is 1. The van der Waals surface area contributed by atoms with Crippen LogP contribution in [0.25, 0.3) is 0 Å². The Balaban J connectivity index is 3.95. The molecule has 0 heterocycles. The van der Waals surface area contributed by atoms with E-state index < -0.39 is 5.60 Å². The first-order chi connectivity index (χ1) is 7.78. The summed E-state index contributed by atoms with van der Waals surface area (Å²) in [4.78, 5) is 13.7. The maximum Gasteiger partial charge on any atom is 0.237 e. The van der Waals surface area contributed by atoms with Gasteiger partial charge in [-0.1, -0.05) is 19.8 Å². The zero-order valence-electron chi connectivity index (χ0n) is 11.9. The van der Waals surface area contributed by atoms with Crippen LogP contribution < -0.4 is 5.32 Å². The van der Waals surface area contributed by atoms with Crippen LogP contribution in [0.3, 0.4) is 0 Å². The van der Waals surface area contributed by atoms with Crippen molar-refractivity contribution >= 4 is 5.91 Å². The van der Waals surface area contributed by atoms with Crippen molar-refractivity contribution in [2.75, 3.05) is 20.1 Å². The molecule has 17 heavy (non-hydrogen) atoms. The van der Waals surface area contributed by atoms with E-state index in [0.717, 1.165) is 25.8 Å². The first kappa shape index (κ1) is 16.4. The van der Waals surface area contributed by atoms with Gasteiger partial charge in [0, 0.05) is 13.1 Å². The maximum atomic E-state index is 11.8. The lowest BCUT2D eigenvalue weighted by Crippen LogP contribution is -2.48. The number of carbonyl (C=O) groups excluding carboxylic acids is 1. The van der Waals surface area contributed by atoms with Gasteiger partial charge in [0.2, 0.25) is 5.91 Å². The fourth-order valence-electron chi connectivity index (χ4n) is 1.68. The summed E-state index contributed by atoms with van der Waals surface area (Å²) in [6.45, 7) is 8.72. The second-order valence-corrected chi connectivity index (χ2v) is 5.40. The van der Waals surface area contributed by atoms with Crippen LogP contribution in [0.2, 0.25) is 0 Å². The molecule has 1 atom stereocenters. The summed E-state index contributed by atoms with van der Waals surface area (Å²) in [6.07, 6.45) is 3.34. The number of hydrogen-bond acceptors (Lipinski definition) is 3. The molecule has 0 fully saturated rings. The van der Waals surface area contributed by atoms with Gasteiger partial charge in [0.05, 0.1) is 11.6 Å². The predicted molar refractivity (Wildman–Crippen MR) is 70.9 cm³/mol. The first-order valence-corrected chi connectivity index (χ1v) is 6.48. The van der Waals surface area contributed by atoms with Gasteiger partial charge in [-0.05, 0) is 34.2 Å². The van der Waals surface area contributed by atoms with Crippen molar-refractivity contribution < 1.29 is 9.90 Å². The van der Waals surface area contributed by atoms with Crippen molar-refractivity contribution in [1.29, 1.82) is 0 Å². The van der Waals surface area contributed by atoms with Gasteiger partial charge < -0.3 is 10.4 Å². The Hall–Kier alpha value is -0.610. The average molecular weight is 244 g/mol. The molecule has 102 valence electrons. The molecule has 0 aliphatic rings. The molecular weight excluding hydrogens is 216 g/mol. The highest BCUT2D eigenvalue weighted by atomic mass is 16.3. The lowest BCUT2D eigenvalue weighted by Gasteiger charge is -2.29. The van der Waals surface area contributed by atoms with Crippen LogP contribution in [-0.4, -0.2) is 47.7 Å². The van der Waals surface area contributed by atoms with E-state index in [-0.39, 0.29) is 11.9 Å². The SMILES string of the molecule is CCCCCNC(=O)C(C)N(C)CC(C)(C)O. The van der Waals surface area contributed by atoms with Crippen LogP contribution in [0.15, 0.2) is 0 Å². The summed E-state index contributed by atoms with van der Waals surface area (Å²) in [6, 6.07) is -0.206. The summed E-state index contributed by atoms with van der Waals surface area (Å²) >= 11 is 0. The van der Waals surface area contributed by atoms with E-state index in [0.29, 0.717) is 6.54 Å². The third-order valence-corrected chi connectivity index (χ3v) is 2.76. The lowest BCUT2D eigenvalue weighted by atomic mass is 10.1. The molecule has 0 rings (SSSR count). The van der Waals surface area contributed by atoms with E-state index >= 15 is 0 Å². The predicted octanol–water partition coefficient (Wildman–Crippen LogP) is 1.38. The molecule has 0 aliphatic heterocycles. The van der Waals surface area contributed by atoms with Crippen molar-refractivity contribution in [3.8, 4) is 0 Å². The van der Waals surface area contributed by atoms with Gasteiger partial charge in [-0.25, -0.2) is 0 Å². The third-order valence-electron chi connectivity index (χ3n) is 2.76. The van der Waals surface area contributed by atoms with Crippen LogP contribution in [-0.2, 0) is 4.79 Å². The van der Waals surface area contributed by atoms with Gasteiger partial charge >= 0.3 is 0 Å². The molecule has 0 aromatic rings. The van der Waals surface area contributed by atoms with Gasteiger partial charge in [-0.3, -0.25) is 9.69 Å². The summed E-state index contributed by atoms with van der Waals surface area (Å²) in [5, 5.41) is 12.6. The quantitative estimate of drug-likeness (QED) is 0.634. The van der Waals surface area contributed by atoms with E-state index in [2.05, 4.69) is 12.2 Å². The molecule has 0 aromatic heterocycles. The topological polar surface area (TPSA) is 52.6 Å². The van der Waals surface area contributed by atoms with E-state index in [4.69, 9.17) is 0 Å². The van der Waals surface area contributed by atoms with Crippen LogP contribution in [0.1, 0.15) is 47.0 Å². The van der Waals surface area contributed by atoms with Gasteiger partial charge in [0.1, 0.15) is 0 Å². The van der Waals surface area contributed by atoms with E-state index in [1.807, 2.05) is 18.9 Å². The van der Waals surface area contributed by atoms with Gasteiger partial charge in [-0.2, -0.15) is 0 Å². The Morgan fingerprint density at radius 3 is 2.47 bits per heavy atom. The number of hydrogen-bond donors (Lipinski definition) is 2. The van der Waals surface area contributed by atoms with Crippen LogP contribution in [0.4, 0.5) is 0 Å². The molecule has 0 spiro atoms. The van der Waals surface area contributed by atoms with Crippen LogP contribution in [0.5, 0.6) is 0 Å². The molecular formula is C13H28N2O2. The van der Waals surface area contributed by atoms with Crippen LogP contribution in [0, 0.1) is 0 Å². The monoisotopic (exact) mass is 244 g/mol. The highest BCUT2D eigenvalue weighted by molar-refractivity contribution is 5.81. The van der Waals surface area contributed by atoms with Gasteiger partial charge in [-0.15, -0.1) is 0 Å². The molecule has 4 heteroatoms. The minimum atomic E-state index is -0.772. The van der Waals surface area contributed by atoms with E-state index in [1.165, 1.54) is 0 Å². The normalized spacial score (nSPS) is 13.8. The number of unbranched alkanes of at least 4 members (excludes halogenated alkanes) is 2. The lowest BCUT2D eigenvalue weighted by molar-refractivity contribution is -0.126. The molecule has 1 unspecified atom stereocenters. The Labute approximate surface area is 105 Å². The number of aliphatic hydroxyl groups is 1. The van der Waals surface area contributed by atoms with Crippen molar-refractivity contribution in [2.45, 2.75) is 58.6 Å². The van der Waals surface area contributed by atoms with Crippen molar-refractivity contribution in [3.05, 3.63) is 0 Å². The smallest absolute Gasteiger partial charge is 0.237 e. The Kier molecular flexibility index (Phi) is 7.39. The maximum absolute atomic E-state index is 11.8. The second kappa shape index (κ2) is 7.67. The van der Waals surface area contributed by atoms with Gasteiger partial charge in [0.25, 0.3) is 0 Å².